The molecule has 1 saturated heterocycles. The number of likely N-dealkylation sites (tertiary alicyclic amines) is 1. The lowest BCUT2D eigenvalue weighted by atomic mass is 9.84. The van der Waals surface area contributed by atoms with Gasteiger partial charge in [-0.1, -0.05) is 25.0 Å². The molecule has 148 valence electrons. The monoisotopic (exact) mass is 372 g/mol. The first-order chi connectivity index (χ1) is 12.7. The molecule has 1 aliphatic carbocycles. The van der Waals surface area contributed by atoms with Crippen molar-refractivity contribution in [3.8, 4) is 0 Å². The Morgan fingerprint density at radius 3 is 2.59 bits per heavy atom. The predicted molar refractivity (Wildman–Crippen MR) is 107 cm³/mol. The highest BCUT2D eigenvalue weighted by Gasteiger charge is 2.48. The first-order valence-electron chi connectivity index (χ1n) is 10.0. The van der Waals surface area contributed by atoms with Gasteiger partial charge in [-0.05, 0) is 70.1 Å². The van der Waals surface area contributed by atoms with Crippen molar-refractivity contribution in [1.29, 1.82) is 0 Å². The third-order valence-corrected chi connectivity index (χ3v) is 5.73. The van der Waals surface area contributed by atoms with Crippen molar-refractivity contribution >= 4 is 17.6 Å². The summed E-state index contributed by atoms with van der Waals surface area (Å²) < 4.78 is 5.65. The molecule has 2 N–H and O–H groups in total. The number of carbonyl (C=O) groups is 2. The van der Waals surface area contributed by atoms with E-state index in [2.05, 4.69) is 0 Å². The van der Waals surface area contributed by atoms with Gasteiger partial charge in [-0.3, -0.25) is 9.69 Å². The van der Waals surface area contributed by atoms with E-state index in [1.807, 2.05) is 45.9 Å². The molecule has 2 aliphatic rings. The fraction of sp³-hybridized carbons (Fsp3) is 0.636. The van der Waals surface area contributed by atoms with Gasteiger partial charge in [0.2, 0.25) is 0 Å². The van der Waals surface area contributed by atoms with Crippen molar-refractivity contribution in [2.24, 2.45) is 5.92 Å². The largest absolute Gasteiger partial charge is 0.444 e. The van der Waals surface area contributed by atoms with Crippen molar-refractivity contribution < 1.29 is 14.3 Å². The number of amides is 1. The second-order valence-corrected chi connectivity index (χ2v) is 9.10. The van der Waals surface area contributed by atoms with Crippen LogP contribution in [-0.4, -0.2) is 34.5 Å². The Hall–Kier alpha value is -2.04. The van der Waals surface area contributed by atoms with Crippen LogP contribution in [0.25, 0.3) is 0 Å². The Balaban J connectivity index is 1.81. The number of nitrogen functional groups attached to an aromatic ring is 1. The molecule has 0 bridgehead atoms. The van der Waals surface area contributed by atoms with Crippen LogP contribution in [0.3, 0.4) is 0 Å². The molecule has 0 spiro atoms. The summed E-state index contributed by atoms with van der Waals surface area (Å²) in [5, 5.41) is 0. The molecule has 0 aromatic heterocycles. The summed E-state index contributed by atoms with van der Waals surface area (Å²) in [6.45, 7) is 7.57. The number of rotatable bonds is 3. The van der Waals surface area contributed by atoms with Crippen LogP contribution in [0.2, 0.25) is 0 Å². The van der Waals surface area contributed by atoms with E-state index in [1.165, 1.54) is 6.42 Å². The number of ketones is 1. The van der Waals surface area contributed by atoms with Gasteiger partial charge in [-0.25, -0.2) is 4.79 Å². The average molecular weight is 373 g/mol. The highest BCUT2D eigenvalue weighted by atomic mass is 16.6. The Bertz CT molecular complexity index is 723. The minimum Gasteiger partial charge on any atom is -0.444 e. The van der Waals surface area contributed by atoms with Crippen LogP contribution in [0, 0.1) is 12.8 Å². The second kappa shape index (κ2) is 7.53. The maximum Gasteiger partial charge on any atom is 0.411 e. The first kappa shape index (κ1) is 19.7. The summed E-state index contributed by atoms with van der Waals surface area (Å²) >= 11 is 0. The van der Waals surface area contributed by atoms with Crippen molar-refractivity contribution in [1.82, 2.24) is 4.90 Å². The number of Topliss-reactive ketones (excluding diaryl/α,β-unsaturated/α-hetero) is 1. The SMILES string of the molecule is Cc1ccc(CC(=O)[C@@H]2C[C@@H]3CCCC[C@@H]3N2C(=O)OC(C)(C)C)c(N)c1. The van der Waals surface area contributed by atoms with Crippen molar-refractivity contribution in [3.05, 3.63) is 29.3 Å². The van der Waals surface area contributed by atoms with E-state index in [1.54, 1.807) is 4.90 Å². The molecule has 1 heterocycles. The first-order valence-corrected chi connectivity index (χ1v) is 10.0. The molecule has 0 unspecified atom stereocenters. The second-order valence-electron chi connectivity index (χ2n) is 9.10. The number of nitrogens with two attached hydrogens (primary N) is 1. The van der Waals surface area contributed by atoms with E-state index in [0.717, 1.165) is 36.8 Å². The number of hydrogen-bond donors (Lipinski definition) is 1. The van der Waals surface area contributed by atoms with Crippen LogP contribution in [0.5, 0.6) is 0 Å². The van der Waals surface area contributed by atoms with Crippen LogP contribution < -0.4 is 5.73 Å². The topological polar surface area (TPSA) is 72.6 Å². The molecule has 1 saturated carbocycles. The van der Waals surface area contributed by atoms with Gasteiger partial charge in [0.1, 0.15) is 5.60 Å². The summed E-state index contributed by atoms with van der Waals surface area (Å²) in [4.78, 5) is 27.8. The molecule has 1 amide bonds. The highest BCUT2D eigenvalue weighted by molar-refractivity contribution is 5.90. The van der Waals surface area contributed by atoms with Crippen LogP contribution in [0.4, 0.5) is 10.5 Å². The quantitative estimate of drug-likeness (QED) is 0.805. The summed E-state index contributed by atoms with van der Waals surface area (Å²) in [6.07, 6.45) is 4.97. The normalized spacial score (nSPS) is 25.2. The van der Waals surface area contributed by atoms with Crippen LogP contribution >= 0.6 is 0 Å². The van der Waals surface area contributed by atoms with Crippen molar-refractivity contribution in [2.45, 2.75) is 83.9 Å². The Morgan fingerprint density at radius 2 is 1.93 bits per heavy atom. The molecule has 5 nitrogen and oxygen atoms in total. The number of carbonyl (C=O) groups excluding carboxylic acids is 2. The number of benzene rings is 1. The maximum atomic E-state index is 13.2. The molecule has 1 aliphatic heterocycles. The van der Waals surface area contributed by atoms with E-state index in [4.69, 9.17) is 10.5 Å². The fourth-order valence-corrected chi connectivity index (χ4v) is 4.51. The van der Waals surface area contributed by atoms with Gasteiger partial charge >= 0.3 is 6.09 Å². The Labute approximate surface area is 162 Å². The zero-order valence-corrected chi connectivity index (χ0v) is 17.0. The lowest BCUT2D eigenvalue weighted by Crippen LogP contribution is -2.48. The minimum atomic E-state index is -0.571. The molecule has 5 heteroatoms. The van der Waals surface area contributed by atoms with E-state index in [9.17, 15) is 9.59 Å². The predicted octanol–water partition coefficient (Wildman–Crippen LogP) is 4.26. The third-order valence-electron chi connectivity index (χ3n) is 5.73. The Morgan fingerprint density at radius 1 is 1.22 bits per heavy atom. The van der Waals surface area contributed by atoms with Gasteiger partial charge in [-0.15, -0.1) is 0 Å². The van der Waals surface area contributed by atoms with Gasteiger partial charge in [0, 0.05) is 18.2 Å². The van der Waals surface area contributed by atoms with Gasteiger partial charge in [0.05, 0.1) is 6.04 Å². The molecule has 3 atom stereocenters. The van der Waals surface area contributed by atoms with Crippen LogP contribution in [0.15, 0.2) is 18.2 Å². The number of aryl methyl sites for hydroxylation is 1. The maximum absolute atomic E-state index is 13.2. The van der Waals surface area contributed by atoms with Gasteiger partial charge in [0.15, 0.2) is 5.78 Å². The van der Waals surface area contributed by atoms with E-state index < -0.39 is 11.6 Å². The standard InChI is InChI=1S/C22H32N2O3/c1-14-9-10-15(17(23)11-14)13-20(25)19-12-16-7-5-6-8-18(16)24(19)21(26)27-22(2,3)4/h9-11,16,18-19H,5-8,12-13,23H2,1-4H3/t16-,18-,19-/m0/s1. The lowest BCUT2D eigenvalue weighted by Gasteiger charge is -2.35. The lowest BCUT2D eigenvalue weighted by molar-refractivity contribution is -0.123. The van der Waals surface area contributed by atoms with Crippen molar-refractivity contribution in [3.63, 3.8) is 0 Å². The fourth-order valence-electron chi connectivity index (χ4n) is 4.51. The molecular formula is C22H32N2O3. The molecule has 0 radical (unpaired) electrons. The Kier molecular flexibility index (Phi) is 5.50. The molecule has 1 aromatic carbocycles. The van der Waals surface area contributed by atoms with Gasteiger partial charge in [0.25, 0.3) is 0 Å². The molecular weight excluding hydrogens is 340 g/mol. The number of nitrogens with zero attached hydrogens (tertiary/aromatic N) is 1. The average Bonchev–Trinajstić information content (AvgIpc) is 2.95. The molecule has 2 fully saturated rings. The van der Waals surface area contributed by atoms with E-state index in [0.29, 0.717) is 11.6 Å². The molecule has 1 aromatic rings. The van der Waals surface area contributed by atoms with Crippen molar-refractivity contribution in [2.75, 3.05) is 5.73 Å². The van der Waals surface area contributed by atoms with Crippen LogP contribution in [-0.2, 0) is 16.0 Å². The minimum absolute atomic E-state index is 0.0609. The number of ether oxygens (including phenoxy) is 1. The van der Waals surface area contributed by atoms with Gasteiger partial charge < -0.3 is 10.5 Å². The zero-order valence-electron chi connectivity index (χ0n) is 17.0. The summed E-state index contributed by atoms with van der Waals surface area (Å²) in [5.41, 5.74) is 8.09. The summed E-state index contributed by atoms with van der Waals surface area (Å²) in [5.74, 6) is 0.460. The van der Waals surface area contributed by atoms with Gasteiger partial charge in [-0.2, -0.15) is 0 Å². The molecule has 3 rings (SSSR count). The number of anilines is 1. The van der Waals surface area contributed by atoms with Crippen LogP contribution in [0.1, 0.15) is 64.0 Å². The summed E-state index contributed by atoms with van der Waals surface area (Å²) in [7, 11) is 0. The molecule has 27 heavy (non-hydrogen) atoms. The number of hydrogen-bond acceptors (Lipinski definition) is 4. The zero-order chi connectivity index (χ0) is 19.8. The summed E-state index contributed by atoms with van der Waals surface area (Å²) in [6, 6.07) is 5.50. The van der Waals surface area contributed by atoms with E-state index >= 15 is 0 Å². The highest BCUT2D eigenvalue weighted by Crippen LogP contribution is 2.41. The smallest absolute Gasteiger partial charge is 0.411 e. The van der Waals surface area contributed by atoms with E-state index in [-0.39, 0.29) is 24.3 Å². The number of fused-ring (bicyclic) bond motifs is 1. The third kappa shape index (κ3) is 4.45.